The minimum atomic E-state index is -0.732. The number of aromatic hydroxyl groups is 1. The van der Waals surface area contributed by atoms with Gasteiger partial charge in [-0.2, -0.15) is 0 Å². The Hall–Kier alpha value is -3.75. The van der Waals surface area contributed by atoms with Crippen molar-refractivity contribution in [2.75, 3.05) is 6.61 Å². The topological polar surface area (TPSA) is 119 Å². The first kappa shape index (κ1) is 19.0. The van der Waals surface area contributed by atoms with E-state index >= 15 is 0 Å². The van der Waals surface area contributed by atoms with E-state index in [0.717, 1.165) is 11.9 Å². The molecule has 28 heavy (non-hydrogen) atoms. The molecule has 0 saturated carbocycles. The Morgan fingerprint density at radius 3 is 2.68 bits per heavy atom. The molecule has 0 aliphatic rings. The SMILES string of the molecule is CCCn1c(O)c(N=NC(=O)COc2ccccc2[N+](=O)[O-])c2ccccc21. The molecule has 1 amide bonds. The minimum Gasteiger partial charge on any atom is -0.493 e. The van der Waals surface area contributed by atoms with Crippen LogP contribution in [0, 0.1) is 10.1 Å². The van der Waals surface area contributed by atoms with Gasteiger partial charge in [-0.05, 0) is 18.6 Å². The van der Waals surface area contributed by atoms with Gasteiger partial charge in [-0.15, -0.1) is 10.2 Å². The van der Waals surface area contributed by atoms with Crippen LogP contribution in [0.4, 0.5) is 11.4 Å². The molecule has 2 aromatic carbocycles. The summed E-state index contributed by atoms with van der Waals surface area (Å²) in [7, 11) is 0. The summed E-state index contributed by atoms with van der Waals surface area (Å²) in [5.74, 6) is -0.831. The first-order chi connectivity index (χ1) is 13.5. The molecule has 0 bridgehead atoms. The highest BCUT2D eigenvalue weighted by Gasteiger charge is 2.17. The number of azo groups is 1. The predicted octanol–water partition coefficient (Wildman–Crippen LogP) is 4.35. The number of ether oxygens (including phenoxy) is 1. The number of carbonyl (C=O) groups is 1. The molecule has 0 aliphatic carbocycles. The van der Waals surface area contributed by atoms with E-state index in [4.69, 9.17) is 4.74 Å². The Bertz CT molecular complexity index is 1060. The number of para-hydroxylation sites is 3. The maximum atomic E-state index is 12.0. The van der Waals surface area contributed by atoms with E-state index < -0.39 is 17.4 Å². The zero-order valence-electron chi connectivity index (χ0n) is 15.1. The normalized spacial score (nSPS) is 11.2. The van der Waals surface area contributed by atoms with E-state index in [2.05, 4.69) is 10.2 Å². The molecule has 0 fully saturated rings. The molecule has 0 saturated heterocycles. The molecule has 144 valence electrons. The van der Waals surface area contributed by atoms with Gasteiger partial charge >= 0.3 is 11.6 Å². The number of nitrogens with zero attached hydrogens (tertiary/aromatic N) is 4. The third-order valence-corrected chi connectivity index (χ3v) is 4.04. The van der Waals surface area contributed by atoms with Crippen LogP contribution in [0.3, 0.4) is 0 Å². The van der Waals surface area contributed by atoms with Gasteiger partial charge < -0.3 is 14.4 Å². The lowest BCUT2D eigenvalue weighted by Crippen LogP contribution is -2.09. The summed E-state index contributed by atoms with van der Waals surface area (Å²) in [6, 6.07) is 13.0. The fraction of sp³-hybridized carbons (Fsp3) is 0.211. The van der Waals surface area contributed by atoms with Crippen LogP contribution in [0.25, 0.3) is 10.9 Å². The van der Waals surface area contributed by atoms with Gasteiger partial charge in [0.25, 0.3) is 0 Å². The van der Waals surface area contributed by atoms with E-state index in [1.807, 2.05) is 19.1 Å². The summed E-state index contributed by atoms with van der Waals surface area (Å²) >= 11 is 0. The summed E-state index contributed by atoms with van der Waals surface area (Å²) in [5, 5.41) is 29.6. The van der Waals surface area contributed by atoms with Gasteiger partial charge in [0.1, 0.15) is 0 Å². The van der Waals surface area contributed by atoms with Crippen molar-refractivity contribution in [1.82, 2.24) is 4.57 Å². The lowest BCUT2D eigenvalue weighted by molar-refractivity contribution is -0.385. The first-order valence-electron chi connectivity index (χ1n) is 8.64. The Morgan fingerprint density at radius 1 is 1.21 bits per heavy atom. The van der Waals surface area contributed by atoms with E-state index in [0.29, 0.717) is 11.9 Å². The predicted molar refractivity (Wildman–Crippen MR) is 102 cm³/mol. The molecule has 9 heteroatoms. The average molecular weight is 382 g/mol. The van der Waals surface area contributed by atoms with Crippen LogP contribution < -0.4 is 4.74 Å². The highest BCUT2D eigenvalue weighted by atomic mass is 16.6. The number of aromatic nitrogens is 1. The fourth-order valence-electron chi connectivity index (χ4n) is 2.82. The van der Waals surface area contributed by atoms with Crippen LogP contribution in [-0.4, -0.2) is 27.1 Å². The Kier molecular flexibility index (Phi) is 5.64. The van der Waals surface area contributed by atoms with Gasteiger partial charge in [0.05, 0.1) is 10.4 Å². The first-order valence-corrected chi connectivity index (χ1v) is 8.64. The van der Waals surface area contributed by atoms with E-state index in [-0.39, 0.29) is 23.0 Å². The van der Waals surface area contributed by atoms with Crippen LogP contribution in [0.5, 0.6) is 11.6 Å². The van der Waals surface area contributed by atoms with Crippen LogP contribution >= 0.6 is 0 Å². The van der Waals surface area contributed by atoms with Gasteiger partial charge in [-0.25, -0.2) is 0 Å². The number of hydrogen-bond donors (Lipinski definition) is 1. The molecule has 0 aliphatic heterocycles. The number of aryl methyl sites for hydroxylation is 1. The Labute approximate surface area is 160 Å². The molecule has 3 rings (SSSR count). The molecule has 3 aromatic rings. The molecule has 1 N–H and O–H groups in total. The van der Waals surface area contributed by atoms with Crippen molar-refractivity contribution in [3.63, 3.8) is 0 Å². The number of hydrogen-bond acceptors (Lipinski definition) is 6. The maximum absolute atomic E-state index is 12.0. The zero-order chi connectivity index (χ0) is 20.1. The molecule has 0 unspecified atom stereocenters. The van der Waals surface area contributed by atoms with Crippen LogP contribution in [0.1, 0.15) is 13.3 Å². The number of nitro groups is 1. The number of rotatable bonds is 7. The molecule has 0 spiro atoms. The van der Waals surface area contributed by atoms with Gasteiger partial charge in [-0.1, -0.05) is 37.3 Å². The second kappa shape index (κ2) is 8.30. The van der Waals surface area contributed by atoms with Crippen molar-refractivity contribution in [1.29, 1.82) is 0 Å². The lowest BCUT2D eigenvalue weighted by Gasteiger charge is -2.04. The summed E-state index contributed by atoms with van der Waals surface area (Å²) in [6.45, 7) is 2.07. The summed E-state index contributed by atoms with van der Waals surface area (Å²) in [4.78, 5) is 22.4. The third-order valence-electron chi connectivity index (χ3n) is 4.04. The number of fused-ring (bicyclic) bond motifs is 1. The molecule has 0 radical (unpaired) electrons. The molecular weight excluding hydrogens is 364 g/mol. The summed E-state index contributed by atoms with van der Waals surface area (Å²) in [6.07, 6.45) is 0.811. The second-order valence-electron chi connectivity index (χ2n) is 5.95. The van der Waals surface area contributed by atoms with Crippen molar-refractivity contribution in [2.45, 2.75) is 19.9 Å². The average Bonchev–Trinajstić information content (AvgIpc) is 2.96. The van der Waals surface area contributed by atoms with Crippen molar-refractivity contribution < 1.29 is 19.6 Å². The van der Waals surface area contributed by atoms with Gasteiger partial charge in [0.15, 0.2) is 18.0 Å². The van der Waals surface area contributed by atoms with Crippen molar-refractivity contribution >= 4 is 28.2 Å². The van der Waals surface area contributed by atoms with Crippen molar-refractivity contribution in [2.24, 2.45) is 10.2 Å². The quantitative estimate of drug-likeness (QED) is 0.370. The molecule has 0 atom stereocenters. The standard InChI is InChI=1S/C19H18N4O5/c1-2-11-22-14-8-4-3-7-13(14)18(19(22)25)21-20-17(24)12-28-16-10-6-5-9-15(16)23(26)27/h3-10,25H,2,11-12H2,1H3. The van der Waals surface area contributed by atoms with E-state index in [1.165, 1.54) is 18.2 Å². The number of amides is 1. The summed E-state index contributed by atoms with van der Waals surface area (Å²) < 4.78 is 6.90. The monoisotopic (exact) mass is 382 g/mol. The van der Waals surface area contributed by atoms with E-state index in [1.54, 1.807) is 22.8 Å². The lowest BCUT2D eigenvalue weighted by atomic mass is 10.2. The zero-order valence-corrected chi connectivity index (χ0v) is 15.1. The molecule has 1 aromatic heterocycles. The molecule has 1 heterocycles. The molecular formula is C19H18N4O5. The largest absolute Gasteiger partial charge is 0.493 e. The van der Waals surface area contributed by atoms with Gasteiger partial charge in [0, 0.05) is 18.0 Å². The van der Waals surface area contributed by atoms with Crippen molar-refractivity contribution in [3.05, 3.63) is 58.6 Å². The maximum Gasteiger partial charge on any atom is 0.310 e. The third kappa shape index (κ3) is 3.83. The number of benzene rings is 2. The summed E-state index contributed by atoms with van der Waals surface area (Å²) in [5.41, 5.74) is 0.745. The minimum absolute atomic E-state index is 0.0292. The molecule has 9 nitrogen and oxygen atoms in total. The number of carbonyl (C=O) groups excluding carboxylic acids is 1. The highest BCUT2D eigenvalue weighted by molar-refractivity contribution is 5.95. The van der Waals surface area contributed by atoms with Gasteiger partial charge in [0.2, 0.25) is 5.88 Å². The smallest absolute Gasteiger partial charge is 0.310 e. The second-order valence-corrected chi connectivity index (χ2v) is 5.95. The van der Waals surface area contributed by atoms with Gasteiger partial charge in [-0.3, -0.25) is 14.9 Å². The Balaban J connectivity index is 1.78. The van der Waals surface area contributed by atoms with E-state index in [9.17, 15) is 20.0 Å². The van der Waals surface area contributed by atoms with Crippen LogP contribution in [-0.2, 0) is 11.3 Å². The highest BCUT2D eigenvalue weighted by Crippen LogP contribution is 2.38. The Morgan fingerprint density at radius 2 is 1.93 bits per heavy atom. The van der Waals surface area contributed by atoms with Crippen LogP contribution in [0.2, 0.25) is 0 Å². The van der Waals surface area contributed by atoms with Crippen molar-refractivity contribution in [3.8, 4) is 11.6 Å². The fourth-order valence-corrected chi connectivity index (χ4v) is 2.82. The van der Waals surface area contributed by atoms with Crippen LogP contribution in [0.15, 0.2) is 58.8 Å². The number of nitro benzene ring substituents is 1.